The first kappa shape index (κ1) is 8.10. The van der Waals surface area contributed by atoms with Gasteiger partial charge in [-0.1, -0.05) is 44.1 Å². The SMILES string of the molecule is CCC1(C2C=CC=C2)CCCC1. The Bertz CT molecular complexity index is 192. The van der Waals surface area contributed by atoms with E-state index in [4.69, 9.17) is 0 Å². The molecule has 2 aliphatic rings. The molecule has 0 heteroatoms. The molecule has 0 spiro atoms. The molecule has 0 N–H and O–H groups in total. The monoisotopic (exact) mass is 162 g/mol. The topological polar surface area (TPSA) is 0 Å². The van der Waals surface area contributed by atoms with E-state index in [-0.39, 0.29) is 0 Å². The second kappa shape index (κ2) is 3.08. The van der Waals surface area contributed by atoms with E-state index in [1.165, 1.54) is 32.1 Å². The normalized spacial score (nSPS) is 27.1. The Kier molecular flexibility index (Phi) is 2.08. The van der Waals surface area contributed by atoms with Gasteiger partial charge >= 0.3 is 0 Å². The molecule has 1 fully saturated rings. The maximum absolute atomic E-state index is 2.38. The van der Waals surface area contributed by atoms with Crippen LogP contribution in [0.5, 0.6) is 0 Å². The summed E-state index contributed by atoms with van der Waals surface area (Å²) in [6, 6.07) is 0. The summed E-state index contributed by atoms with van der Waals surface area (Å²) in [4.78, 5) is 0. The Morgan fingerprint density at radius 3 is 2.25 bits per heavy atom. The van der Waals surface area contributed by atoms with Gasteiger partial charge in [-0.25, -0.2) is 0 Å². The van der Waals surface area contributed by atoms with Gasteiger partial charge in [-0.3, -0.25) is 0 Å². The molecule has 12 heavy (non-hydrogen) atoms. The minimum Gasteiger partial charge on any atom is -0.0771 e. The van der Waals surface area contributed by atoms with Gasteiger partial charge in [0.25, 0.3) is 0 Å². The van der Waals surface area contributed by atoms with Gasteiger partial charge in [0, 0.05) is 5.92 Å². The van der Waals surface area contributed by atoms with Crippen molar-refractivity contribution in [1.29, 1.82) is 0 Å². The highest BCUT2D eigenvalue weighted by atomic mass is 14.4. The minimum atomic E-state index is 0.642. The van der Waals surface area contributed by atoms with Crippen molar-refractivity contribution < 1.29 is 0 Å². The minimum absolute atomic E-state index is 0.642. The lowest BCUT2D eigenvalue weighted by Crippen LogP contribution is -2.23. The summed E-state index contributed by atoms with van der Waals surface area (Å²) < 4.78 is 0. The predicted molar refractivity (Wildman–Crippen MR) is 53.0 cm³/mol. The van der Waals surface area contributed by atoms with E-state index in [1.54, 1.807) is 0 Å². The predicted octanol–water partition coefficient (Wildman–Crippen LogP) is 3.70. The lowest BCUT2D eigenvalue weighted by molar-refractivity contribution is 0.233. The molecular formula is C12H18. The van der Waals surface area contributed by atoms with Crippen molar-refractivity contribution in [1.82, 2.24) is 0 Å². The average molecular weight is 162 g/mol. The zero-order chi connectivity index (χ0) is 8.44. The van der Waals surface area contributed by atoms with E-state index in [2.05, 4.69) is 31.2 Å². The number of rotatable bonds is 2. The number of hydrogen-bond acceptors (Lipinski definition) is 0. The van der Waals surface area contributed by atoms with Crippen LogP contribution in [0.3, 0.4) is 0 Å². The van der Waals surface area contributed by atoms with Crippen molar-refractivity contribution in [3.63, 3.8) is 0 Å². The van der Waals surface area contributed by atoms with Crippen molar-refractivity contribution in [2.45, 2.75) is 39.0 Å². The number of hydrogen-bond donors (Lipinski definition) is 0. The summed E-state index contributed by atoms with van der Waals surface area (Å²) in [5.74, 6) is 0.755. The Balaban J connectivity index is 2.15. The van der Waals surface area contributed by atoms with Crippen LogP contribution in [-0.2, 0) is 0 Å². The van der Waals surface area contributed by atoms with E-state index < -0.39 is 0 Å². The molecule has 0 aromatic heterocycles. The molecule has 0 aromatic rings. The van der Waals surface area contributed by atoms with Crippen LogP contribution >= 0.6 is 0 Å². The molecule has 0 bridgehead atoms. The first-order chi connectivity index (χ1) is 5.87. The molecule has 0 radical (unpaired) electrons. The fourth-order valence-corrected chi connectivity index (χ4v) is 2.84. The Labute approximate surface area is 75.4 Å². The molecule has 0 atom stereocenters. The van der Waals surface area contributed by atoms with Gasteiger partial charge in [-0.05, 0) is 24.7 Å². The third kappa shape index (κ3) is 1.14. The van der Waals surface area contributed by atoms with Crippen molar-refractivity contribution in [2.24, 2.45) is 11.3 Å². The van der Waals surface area contributed by atoms with Crippen LogP contribution < -0.4 is 0 Å². The van der Waals surface area contributed by atoms with Crippen LogP contribution in [0.15, 0.2) is 24.3 Å². The molecule has 0 aromatic carbocycles. The quantitative estimate of drug-likeness (QED) is 0.580. The fourth-order valence-electron chi connectivity index (χ4n) is 2.84. The Hall–Kier alpha value is -0.520. The molecule has 2 aliphatic carbocycles. The van der Waals surface area contributed by atoms with Crippen molar-refractivity contribution in [3.8, 4) is 0 Å². The molecular weight excluding hydrogens is 144 g/mol. The van der Waals surface area contributed by atoms with Gasteiger partial charge in [0.05, 0.1) is 0 Å². The zero-order valence-corrected chi connectivity index (χ0v) is 7.92. The molecule has 0 nitrogen and oxygen atoms in total. The van der Waals surface area contributed by atoms with Crippen LogP contribution in [0.2, 0.25) is 0 Å². The molecule has 0 amide bonds. The highest BCUT2D eigenvalue weighted by Crippen LogP contribution is 2.48. The van der Waals surface area contributed by atoms with E-state index in [0.717, 1.165) is 5.92 Å². The first-order valence-corrected chi connectivity index (χ1v) is 5.22. The fraction of sp³-hybridized carbons (Fsp3) is 0.667. The van der Waals surface area contributed by atoms with Crippen LogP contribution in [0.1, 0.15) is 39.0 Å². The largest absolute Gasteiger partial charge is 0.0771 e. The van der Waals surface area contributed by atoms with Crippen LogP contribution in [0, 0.1) is 11.3 Å². The Morgan fingerprint density at radius 2 is 1.75 bits per heavy atom. The summed E-state index contributed by atoms with van der Waals surface area (Å²) in [7, 11) is 0. The maximum Gasteiger partial charge on any atom is 0.000917 e. The summed E-state index contributed by atoms with van der Waals surface area (Å²) in [5.41, 5.74) is 0.642. The third-order valence-corrected chi connectivity index (χ3v) is 3.76. The highest BCUT2D eigenvalue weighted by molar-refractivity contribution is 5.21. The van der Waals surface area contributed by atoms with Gasteiger partial charge < -0.3 is 0 Å². The summed E-state index contributed by atoms with van der Waals surface area (Å²) in [6.07, 6.45) is 16.3. The van der Waals surface area contributed by atoms with E-state index >= 15 is 0 Å². The van der Waals surface area contributed by atoms with Gasteiger partial charge in [0.2, 0.25) is 0 Å². The molecule has 0 aliphatic heterocycles. The standard InChI is InChI=1S/C12H18/c1-2-12(9-5-6-10-12)11-7-3-4-8-11/h3-4,7-8,11H,2,5-6,9-10H2,1H3. The lowest BCUT2D eigenvalue weighted by atomic mass is 9.72. The lowest BCUT2D eigenvalue weighted by Gasteiger charge is -2.32. The molecule has 0 unspecified atom stereocenters. The van der Waals surface area contributed by atoms with E-state index in [9.17, 15) is 0 Å². The molecule has 0 heterocycles. The van der Waals surface area contributed by atoms with Crippen LogP contribution in [-0.4, -0.2) is 0 Å². The summed E-state index contributed by atoms with van der Waals surface area (Å²) in [6.45, 7) is 2.35. The average Bonchev–Trinajstić information content (AvgIpc) is 2.76. The molecule has 2 rings (SSSR count). The van der Waals surface area contributed by atoms with Crippen molar-refractivity contribution >= 4 is 0 Å². The molecule has 66 valence electrons. The maximum atomic E-state index is 2.38. The first-order valence-electron chi connectivity index (χ1n) is 5.22. The Morgan fingerprint density at radius 1 is 1.17 bits per heavy atom. The highest BCUT2D eigenvalue weighted by Gasteiger charge is 2.37. The van der Waals surface area contributed by atoms with Gasteiger partial charge in [0.15, 0.2) is 0 Å². The summed E-state index contributed by atoms with van der Waals surface area (Å²) in [5, 5.41) is 0. The van der Waals surface area contributed by atoms with Crippen molar-refractivity contribution in [2.75, 3.05) is 0 Å². The van der Waals surface area contributed by atoms with Crippen molar-refractivity contribution in [3.05, 3.63) is 24.3 Å². The van der Waals surface area contributed by atoms with Gasteiger partial charge in [0.1, 0.15) is 0 Å². The van der Waals surface area contributed by atoms with Gasteiger partial charge in [-0.15, -0.1) is 0 Å². The smallest absolute Gasteiger partial charge is 0.000917 e. The summed E-state index contributed by atoms with van der Waals surface area (Å²) >= 11 is 0. The van der Waals surface area contributed by atoms with Crippen LogP contribution in [0.25, 0.3) is 0 Å². The van der Waals surface area contributed by atoms with Gasteiger partial charge in [-0.2, -0.15) is 0 Å². The second-order valence-corrected chi connectivity index (χ2v) is 4.22. The zero-order valence-electron chi connectivity index (χ0n) is 7.92. The number of allylic oxidation sites excluding steroid dienone is 4. The van der Waals surface area contributed by atoms with E-state index in [0.29, 0.717) is 5.41 Å². The third-order valence-electron chi connectivity index (χ3n) is 3.76. The molecule has 1 saturated carbocycles. The molecule has 0 saturated heterocycles. The second-order valence-electron chi connectivity index (χ2n) is 4.22. The van der Waals surface area contributed by atoms with Crippen LogP contribution in [0.4, 0.5) is 0 Å². The van der Waals surface area contributed by atoms with E-state index in [1.807, 2.05) is 0 Å².